The van der Waals surface area contributed by atoms with Crippen molar-refractivity contribution in [3.8, 4) is 0 Å². The van der Waals surface area contributed by atoms with Gasteiger partial charge in [0.15, 0.2) is 0 Å². The molecule has 0 saturated heterocycles. The SMILES string of the molecule is CCC1(C(O)CCC[C@H]2C(O)CC(F)[C@@H]2CCCCCCC(=O)OC)CCC1. The average Bonchev–Trinajstić information content (AvgIpc) is 2.90. The van der Waals surface area contributed by atoms with Crippen LogP contribution in [0.5, 0.6) is 0 Å². The predicted molar refractivity (Wildman–Crippen MR) is 109 cm³/mol. The van der Waals surface area contributed by atoms with E-state index in [1.165, 1.54) is 13.5 Å². The maximum atomic E-state index is 14.4. The minimum Gasteiger partial charge on any atom is -0.469 e. The number of aliphatic hydroxyl groups is 2. The number of ether oxygens (including phenoxy) is 1. The highest BCUT2D eigenvalue weighted by Crippen LogP contribution is 2.48. The number of unbranched alkanes of at least 4 members (excludes halogenated alkanes) is 3. The lowest BCUT2D eigenvalue weighted by Crippen LogP contribution is -2.40. The Morgan fingerprint density at radius 1 is 1.14 bits per heavy atom. The lowest BCUT2D eigenvalue weighted by Gasteiger charge is -2.45. The minimum atomic E-state index is -0.909. The van der Waals surface area contributed by atoms with Crippen molar-refractivity contribution in [2.75, 3.05) is 7.11 Å². The number of hydrogen-bond donors (Lipinski definition) is 2. The van der Waals surface area contributed by atoms with E-state index >= 15 is 0 Å². The molecule has 28 heavy (non-hydrogen) atoms. The molecule has 4 nitrogen and oxygen atoms in total. The van der Waals surface area contributed by atoms with Crippen LogP contribution in [0.2, 0.25) is 0 Å². The van der Waals surface area contributed by atoms with Crippen LogP contribution < -0.4 is 0 Å². The molecule has 2 fully saturated rings. The Morgan fingerprint density at radius 2 is 1.82 bits per heavy atom. The molecule has 0 bridgehead atoms. The van der Waals surface area contributed by atoms with Gasteiger partial charge in [-0.05, 0) is 62.2 Å². The Bertz CT molecular complexity index is 460. The second kappa shape index (κ2) is 11.5. The van der Waals surface area contributed by atoms with Gasteiger partial charge in [0.2, 0.25) is 0 Å². The van der Waals surface area contributed by atoms with Gasteiger partial charge in [0.25, 0.3) is 0 Å². The Morgan fingerprint density at radius 3 is 2.43 bits per heavy atom. The van der Waals surface area contributed by atoms with Gasteiger partial charge in [0.1, 0.15) is 6.17 Å². The summed E-state index contributed by atoms with van der Waals surface area (Å²) in [6, 6.07) is 0. The van der Waals surface area contributed by atoms with Crippen molar-refractivity contribution in [1.82, 2.24) is 0 Å². The Hall–Kier alpha value is -0.680. The van der Waals surface area contributed by atoms with Crippen LogP contribution in [-0.2, 0) is 9.53 Å². The van der Waals surface area contributed by atoms with Crippen molar-refractivity contribution in [3.05, 3.63) is 0 Å². The topological polar surface area (TPSA) is 66.8 Å². The predicted octanol–water partition coefficient (Wildman–Crippen LogP) is 4.95. The summed E-state index contributed by atoms with van der Waals surface area (Å²) in [5.41, 5.74) is 0.126. The van der Waals surface area contributed by atoms with Gasteiger partial charge in [-0.25, -0.2) is 4.39 Å². The summed E-state index contributed by atoms with van der Waals surface area (Å²) in [7, 11) is 1.41. The van der Waals surface area contributed by atoms with Gasteiger partial charge < -0.3 is 14.9 Å². The van der Waals surface area contributed by atoms with Crippen LogP contribution in [-0.4, -0.2) is 41.7 Å². The molecule has 2 rings (SSSR count). The number of carbonyl (C=O) groups excluding carboxylic acids is 1. The first kappa shape index (κ1) is 23.6. The number of hydrogen-bond acceptors (Lipinski definition) is 4. The Balaban J connectivity index is 1.68. The summed E-state index contributed by atoms with van der Waals surface area (Å²) in [4.78, 5) is 11.1. The number of methoxy groups -OCH3 is 1. The second-order valence-electron chi connectivity index (χ2n) is 9.19. The van der Waals surface area contributed by atoms with Crippen LogP contribution in [0, 0.1) is 17.3 Å². The quantitative estimate of drug-likeness (QED) is 0.339. The van der Waals surface area contributed by atoms with Crippen LogP contribution in [0.1, 0.15) is 96.8 Å². The number of aliphatic hydroxyl groups excluding tert-OH is 2. The average molecular weight is 401 g/mol. The zero-order valence-corrected chi connectivity index (χ0v) is 17.9. The fourth-order valence-corrected chi connectivity index (χ4v) is 5.45. The van der Waals surface area contributed by atoms with Crippen LogP contribution in [0.4, 0.5) is 4.39 Å². The van der Waals surface area contributed by atoms with E-state index in [1.54, 1.807) is 0 Å². The first-order valence-corrected chi connectivity index (χ1v) is 11.5. The van der Waals surface area contributed by atoms with Crippen LogP contribution in [0.15, 0.2) is 0 Å². The molecule has 0 spiro atoms. The highest BCUT2D eigenvalue weighted by atomic mass is 19.1. The van der Waals surface area contributed by atoms with Gasteiger partial charge in [-0.2, -0.15) is 0 Å². The van der Waals surface area contributed by atoms with E-state index in [-0.39, 0.29) is 35.7 Å². The summed E-state index contributed by atoms with van der Waals surface area (Å²) in [5.74, 6) is -0.204. The van der Waals surface area contributed by atoms with Crippen LogP contribution in [0.3, 0.4) is 0 Å². The van der Waals surface area contributed by atoms with E-state index in [1.807, 2.05) is 0 Å². The third-order valence-corrected chi connectivity index (χ3v) is 7.65. The van der Waals surface area contributed by atoms with Crippen molar-refractivity contribution in [2.45, 2.75) is 115 Å². The largest absolute Gasteiger partial charge is 0.469 e. The molecule has 2 N–H and O–H groups in total. The lowest BCUT2D eigenvalue weighted by molar-refractivity contribution is -0.140. The van der Waals surface area contributed by atoms with Gasteiger partial charge in [-0.3, -0.25) is 4.79 Å². The summed E-state index contributed by atoms with van der Waals surface area (Å²) in [6.07, 6.45) is 10.5. The first-order valence-electron chi connectivity index (χ1n) is 11.5. The van der Waals surface area contributed by atoms with Gasteiger partial charge in [-0.1, -0.05) is 39.0 Å². The van der Waals surface area contributed by atoms with Gasteiger partial charge in [0.05, 0.1) is 19.3 Å². The number of alkyl halides is 1. The van der Waals surface area contributed by atoms with E-state index in [2.05, 4.69) is 11.7 Å². The maximum absolute atomic E-state index is 14.4. The normalized spacial score (nSPS) is 30.0. The Kier molecular flexibility index (Phi) is 9.68. The highest BCUT2D eigenvalue weighted by Gasteiger charge is 2.43. The standard InChI is InChI=1S/C23H41FO4/c1-3-23(14-9-15-23)21(26)12-8-11-18-17(19(24)16-20(18)25)10-6-4-5-7-13-22(27)28-2/h17-21,25-26H,3-16H2,1-2H3/t17-,18-,19?,20?,21?/m1/s1. The molecule has 2 saturated carbocycles. The molecule has 5 heteroatoms. The van der Waals surface area contributed by atoms with E-state index in [4.69, 9.17) is 0 Å². The maximum Gasteiger partial charge on any atom is 0.305 e. The first-order chi connectivity index (χ1) is 13.4. The second-order valence-corrected chi connectivity index (χ2v) is 9.19. The van der Waals surface area contributed by atoms with Crippen molar-refractivity contribution < 1.29 is 24.1 Å². The molecule has 0 radical (unpaired) electrons. The lowest BCUT2D eigenvalue weighted by atomic mass is 9.62. The van der Waals surface area contributed by atoms with Crippen molar-refractivity contribution in [3.63, 3.8) is 0 Å². The third kappa shape index (κ3) is 6.16. The molecule has 0 aromatic carbocycles. The molecule has 2 aliphatic rings. The zero-order chi connectivity index (χ0) is 20.6. The van der Waals surface area contributed by atoms with Crippen LogP contribution in [0.25, 0.3) is 0 Å². The fraction of sp³-hybridized carbons (Fsp3) is 0.957. The van der Waals surface area contributed by atoms with Gasteiger partial charge >= 0.3 is 5.97 Å². The fourth-order valence-electron chi connectivity index (χ4n) is 5.45. The van der Waals surface area contributed by atoms with E-state index in [9.17, 15) is 19.4 Å². The number of carbonyl (C=O) groups is 1. The molecule has 164 valence electrons. The number of halogens is 1. The van der Waals surface area contributed by atoms with E-state index in [0.29, 0.717) is 6.42 Å². The summed E-state index contributed by atoms with van der Waals surface area (Å²) in [5, 5.41) is 20.9. The molecule has 0 aliphatic heterocycles. The smallest absolute Gasteiger partial charge is 0.305 e. The number of esters is 1. The van der Waals surface area contributed by atoms with Crippen LogP contribution >= 0.6 is 0 Å². The Labute approximate surface area is 170 Å². The molecular weight excluding hydrogens is 359 g/mol. The van der Waals surface area contributed by atoms with Gasteiger partial charge in [-0.15, -0.1) is 0 Å². The van der Waals surface area contributed by atoms with Crippen molar-refractivity contribution >= 4 is 5.97 Å². The van der Waals surface area contributed by atoms with Crippen molar-refractivity contribution in [1.29, 1.82) is 0 Å². The summed E-state index contributed by atoms with van der Waals surface area (Å²) in [6.45, 7) is 2.16. The molecule has 0 amide bonds. The number of rotatable bonds is 13. The molecule has 2 aliphatic carbocycles. The highest BCUT2D eigenvalue weighted by molar-refractivity contribution is 5.68. The monoisotopic (exact) mass is 400 g/mol. The van der Waals surface area contributed by atoms with E-state index < -0.39 is 12.3 Å². The van der Waals surface area contributed by atoms with E-state index in [0.717, 1.165) is 70.6 Å². The molecule has 5 atom stereocenters. The minimum absolute atomic E-state index is 0.0243. The summed E-state index contributed by atoms with van der Waals surface area (Å²) < 4.78 is 19.1. The summed E-state index contributed by atoms with van der Waals surface area (Å²) >= 11 is 0. The molecule has 3 unspecified atom stereocenters. The molecular formula is C23H41FO4. The zero-order valence-electron chi connectivity index (χ0n) is 17.9. The molecule has 0 heterocycles. The van der Waals surface area contributed by atoms with Gasteiger partial charge in [0, 0.05) is 12.8 Å². The molecule has 0 aromatic rings. The molecule has 0 aromatic heterocycles. The van der Waals surface area contributed by atoms with Crippen molar-refractivity contribution in [2.24, 2.45) is 17.3 Å². The third-order valence-electron chi connectivity index (χ3n) is 7.65.